The van der Waals surface area contributed by atoms with Crippen LogP contribution in [0, 0.1) is 12.7 Å². The average molecular weight is 415 g/mol. The summed E-state index contributed by atoms with van der Waals surface area (Å²) in [7, 11) is 0. The number of carbonyl (C=O) groups excluding carboxylic acids is 1. The summed E-state index contributed by atoms with van der Waals surface area (Å²) in [6, 6.07) is 8.90. The number of hydrogen-bond acceptors (Lipinski definition) is 7. The van der Waals surface area contributed by atoms with Gasteiger partial charge in [0.1, 0.15) is 17.7 Å². The summed E-state index contributed by atoms with van der Waals surface area (Å²) in [5.74, 6) is -0.165. The van der Waals surface area contributed by atoms with Crippen LogP contribution in [0.25, 0.3) is 16.8 Å². The minimum atomic E-state index is -0.960. The molecule has 1 amide bonds. The lowest BCUT2D eigenvalue weighted by molar-refractivity contribution is 0.184. The number of nitrogens with one attached hydrogen (secondary N) is 1. The standard InChI is InChI=1S/C20H22FN5O4/c1-11-4-5-17(18(21)6-11)14-7-15(26-19(13(3)28)23-24-25-26)9-16(8-14)30-20(29)22-12(2)10-27/h4-9,12-13,27-28H,10H2,1-3H3,(H,22,29)/t12-,13?/m0/s1. The molecule has 3 rings (SSSR count). The van der Waals surface area contributed by atoms with Gasteiger partial charge in [-0.25, -0.2) is 9.18 Å². The lowest BCUT2D eigenvalue weighted by Gasteiger charge is -2.14. The first kappa shape index (κ1) is 21.3. The lowest BCUT2D eigenvalue weighted by Crippen LogP contribution is -2.37. The number of amides is 1. The quantitative estimate of drug-likeness (QED) is 0.565. The number of carbonyl (C=O) groups is 1. The molecule has 3 aromatic rings. The van der Waals surface area contributed by atoms with E-state index in [0.717, 1.165) is 5.56 Å². The molecule has 1 aromatic heterocycles. The Morgan fingerprint density at radius 2 is 2.03 bits per heavy atom. The van der Waals surface area contributed by atoms with Crippen LogP contribution in [-0.4, -0.2) is 49.2 Å². The molecule has 0 fully saturated rings. The van der Waals surface area contributed by atoms with Gasteiger partial charge in [-0.1, -0.05) is 12.1 Å². The zero-order valence-electron chi connectivity index (χ0n) is 16.7. The van der Waals surface area contributed by atoms with E-state index in [1.165, 1.54) is 29.8 Å². The largest absolute Gasteiger partial charge is 0.412 e. The lowest BCUT2D eigenvalue weighted by atomic mass is 10.0. The molecule has 30 heavy (non-hydrogen) atoms. The van der Waals surface area contributed by atoms with Crippen molar-refractivity contribution in [2.45, 2.75) is 32.9 Å². The summed E-state index contributed by atoms with van der Waals surface area (Å²) in [6.45, 7) is 4.64. The second kappa shape index (κ2) is 8.97. The van der Waals surface area contributed by atoms with E-state index in [4.69, 9.17) is 9.84 Å². The van der Waals surface area contributed by atoms with Gasteiger partial charge in [0.15, 0.2) is 5.82 Å². The topological polar surface area (TPSA) is 122 Å². The monoisotopic (exact) mass is 415 g/mol. The van der Waals surface area contributed by atoms with Gasteiger partial charge in [-0.15, -0.1) is 5.10 Å². The predicted octanol–water partition coefficient (Wildman–Crippen LogP) is 2.30. The SMILES string of the molecule is Cc1ccc(-c2cc(OC(=O)N[C@@H](C)CO)cc(-n3nnnc3C(C)O)c2)c(F)c1. The molecule has 158 valence electrons. The number of benzene rings is 2. The van der Waals surface area contributed by atoms with E-state index in [-0.39, 0.29) is 18.2 Å². The third-order valence-corrected chi connectivity index (χ3v) is 4.29. The highest BCUT2D eigenvalue weighted by molar-refractivity contribution is 5.74. The molecule has 0 aliphatic carbocycles. The average Bonchev–Trinajstić information content (AvgIpc) is 3.17. The van der Waals surface area contributed by atoms with Crippen molar-refractivity contribution in [1.29, 1.82) is 0 Å². The van der Waals surface area contributed by atoms with E-state index in [0.29, 0.717) is 16.8 Å². The highest BCUT2D eigenvalue weighted by Crippen LogP contribution is 2.31. The Bertz CT molecular complexity index is 1050. The molecule has 0 saturated heterocycles. The fraction of sp³-hybridized carbons (Fsp3) is 0.300. The smallest absolute Gasteiger partial charge is 0.410 e. The van der Waals surface area contributed by atoms with Crippen molar-refractivity contribution in [2.24, 2.45) is 0 Å². The maximum Gasteiger partial charge on any atom is 0.412 e. The van der Waals surface area contributed by atoms with E-state index in [2.05, 4.69) is 20.8 Å². The molecule has 2 aromatic carbocycles. The first-order valence-corrected chi connectivity index (χ1v) is 9.26. The van der Waals surface area contributed by atoms with Crippen LogP contribution in [0.3, 0.4) is 0 Å². The molecular weight excluding hydrogens is 393 g/mol. The van der Waals surface area contributed by atoms with Crippen molar-refractivity contribution >= 4 is 6.09 Å². The number of aliphatic hydroxyl groups excluding tert-OH is 2. The fourth-order valence-corrected chi connectivity index (χ4v) is 2.80. The van der Waals surface area contributed by atoms with Crippen LogP contribution in [0.15, 0.2) is 36.4 Å². The van der Waals surface area contributed by atoms with E-state index < -0.39 is 24.1 Å². The van der Waals surface area contributed by atoms with Gasteiger partial charge in [-0.05, 0) is 60.5 Å². The number of nitrogens with zero attached hydrogens (tertiary/aromatic N) is 4. The fourth-order valence-electron chi connectivity index (χ4n) is 2.80. The molecule has 3 N–H and O–H groups in total. The maximum absolute atomic E-state index is 14.6. The summed E-state index contributed by atoms with van der Waals surface area (Å²) in [5.41, 5.74) is 1.85. The molecule has 9 nitrogen and oxygen atoms in total. The Morgan fingerprint density at radius 1 is 1.27 bits per heavy atom. The first-order chi connectivity index (χ1) is 14.3. The maximum atomic E-state index is 14.6. The third kappa shape index (κ3) is 4.78. The van der Waals surface area contributed by atoms with E-state index >= 15 is 0 Å². The van der Waals surface area contributed by atoms with E-state index in [1.54, 1.807) is 32.0 Å². The Balaban J connectivity index is 2.08. The molecule has 0 aliphatic heterocycles. The van der Waals surface area contributed by atoms with E-state index in [1.807, 2.05) is 0 Å². The number of aliphatic hydroxyl groups is 2. The van der Waals surface area contributed by atoms with Crippen LogP contribution in [0.1, 0.15) is 31.3 Å². The molecule has 0 spiro atoms. The molecule has 1 heterocycles. The van der Waals surface area contributed by atoms with Gasteiger partial charge in [0.2, 0.25) is 0 Å². The molecular formula is C20H22FN5O4. The molecule has 0 radical (unpaired) electrons. The highest BCUT2D eigenvalue weighted by atomic mass is 19.1. The van der Waals surface area contributed by atoms with Crippen LogP contribution in [0.5, 0.6) is 5.75 Å². The van der Waals surface area contributed by atoms with Gasteiger partial charge in [-0.3, -0.25) is 0 Å². The number of aryl methyl sites for hydroxylation is 1. The number of tetrazole rings is 1. The van der Waals surface area contributed by atoms with Gasteiger partial charge in [0.05, 0.1) is 18.3 Å². The van der Waals surface area contributed by atoms with Crippen LogP contribution < -0.4 is 10.1 Å². The Kier molecular flexibility index (Phi) is 6.38. The van der Waals surface area contributed by atoms with Crippen molar-refractivity contribution in [1.82, 2.24) is 25.5 Å². The molecule has 2 atom stereocenters. The number of hydrogen-bond donors (Lipinski definition) is 3. The van der Waals surface area contributed by atoms with Gasteiger partial charge in [0.25, 0.3) is 0 Å². The predicted molar refractivity (Wildman–Crippen MR) is 106 cm³/mol. The van der Waals surface area contributed by atoms with Crippen LogP contribution in [-0.2, 0) is 0 Å². The molecule has 0 saturated carbocycles. The van der Waals surface area contributed by atoms with Crippen LogP contribution in [0.4, 0.5) is 9.18 Å². The zero-order chi connectivity index (χ0) is 21.8. The minimum absolute atomic E-state index is 0.108. The van der Waals surface area contributed by atoms with Crippen LogP contribution in [0.2, 0.25) is 0 Å². The Labute approximate surface area is 172 Å². The Hall–Kier alpha value is -3.37. The van der Waals surface area contributed by atoms with Gasteiger partial charge in [0, 0.05) is 11.6 Å². The summed E-state index contributed by atoms with van der Waals surface area (Å²) in [5, 5.41) is 32.7. The number of rotatable bonds is 6. The van der Waals surface area contributed by atoms with Crippen molar-refractivity contribution in [2.75, 3.05) is 6.61 Å². The number of ether oxygens (including phenoxy) is 1. The molecule has 0 aliphatic rings. The van der Waals surface area contributed by atoms with Gasteiger partial charge < -0.3 is 20.3 Å². The van der Waals surface area contributed by atoms with Gasteiger partial charge >= 0.3 is 6.09 Å². The van der Waals surface area contributed by atoms with Crippen molar-refractivity contribution in [3.8, 4) is 22.6 Å². The van der Waals surface area contributed by atoms with Crippen LogP contribution >= 0.6 is 0 Å². The number of halogens is 1. The van der Waals surface area contributed by atoms with Gasteiger partial charge in [-0.2, -0.15) is 4.68 Å². The normalized spacial score (nSPS) is 13.0. The first-order valence-electron chi connectivity index (χ1n) is 9.26. The van der Waals surface area contributed by atoms with E-state index in [9.17, 15) is 14.3 Å². The summed E-state index contributed by atoms with van der Waals surface area (Å²) < 4.78 is 21.2. The van der Waals surface area contributed by atoms with Crippen molar-refractivity contribution in [3.05, 3.63) is 53.6 Å². The zero-order valence-corrected chi connectivity index (χ0v) is 16.7. The summed E-state index contributed by atoms with van der Waals surface area (Å²) in [6.07, 6.45) is -1.74. The molecule has 10 heteroatoms. The summed E-state index contributed by atoms with van der Waals surface area (Å²) in [4.78, 5) is 12.1. The number of aromatic nitrogens is 4. The molecule has 1 unspecified atom stereocenters. The van der Waals surface area contributed by atoms with Crippen molar-refractivity contribution in [3.63, 3.8) is 0 Å². The Morgan fingerprint density at radius 3 is 2.70 bits per heavy atom. The second-order valence-electron chi connectivity index (χ2n) is 6.94. The molecule has 0 bridgehead atoms. The van der Waals surface area contributed by atoms with Crippen molar-refractivity contribution < 1.29 is 24.1 Å². The second-order valence-corrected chi connectivity index (χ2v) is 6.94. The third-order valence-electron chi connectivity index (χ3n) is 4.29. The highest BCUT2D eigenvalue weighted by Gasteiger charge is 2.18. The summed E-state index contributed by atoms with van der Waals surface area (Å²) >= 11 is 0. The minimum Gasteiger partial charge on any atom is -0.410 e.